The summed E-state index contributed by atoms with van der Waals surface area (Å²) in [6, 6.07) is 16.1. The van der Waals surface area contributed by atoms with Crippen molar-refractivity contribution in [3.05, 3.63) is 54.1 Å². The minimum atomic E-state index is 0.842. The number of nitrogens with one attached hydrogen (secondary N) is 1. The van der Waals surface area contributed by atoms with Crippen molar-refractivity contribution >= 4 is 17.1 Å². The molecule has 2 aromatic rings. The van der Waals surface area contributed by atoms with Gasteiger partial charge in [0.25, 0.3) is 0 Å². The first kappa shape index (κ1) is 10.6. The topological polar surface area (TPSA) is 38.0 Å². The summed E-state index contributed by atoms with van der Waals surface area (Å²) in [7, 11) is 0. The standard InChI is InChI=1S/C14H16N2/c1-2-11-7-6-10-13(14(11)15)16-12-8-4-3-5-9-12/h3-10,16H,2,15H2,1H3. The number of para-hydroxylation sites is 2. The van der Waals surface area contributed by atoms with E-state index in [0.717, 1.165) is 23.5 Å². The highest BCUT2D eigenvalue weighted by molar-refractivity contribution is 5.75. The summed E-state index contributed by atoms with van der Waals surface area (Å²) in [5.41, 5.74) is 10.1. The molecule has 0 aliphatic heterocycles. The molecule has 2 aromatic carbocycles. The number of aryl methyl sites for hydroxylation is 1. The van der Waals surface area contributed by atoms with Gasteiger partial charge < -0.3 is 11.1 Å². The predicted octanol–water partition coefficient (Wildman–Crippen LogP) is 3.57. The summed E-state index contributed by atoms with van der Waals surface area (Å²) in [5.74, 6) is 0. The molecule has 0 saturated heterocycles. The molecule has 0 atom stereocenters. The zero-order valence-electron chi connectivity index (χ0n) is 9.40. The van der Waals surface area contributed by atoms with Crippen LogP contribution in [0, 0.1) is 0 Å². The number of anilines is 3. The van der Waals surface area contributed by atoms with Crippen LogP contribution in [0.4, 0.5) is 17.1 Å². The number of benzene rings is 2. The Bertz CT molecular complexity index is 463. The molecule has 0 aromatic heterocycles. The zero-order valence-corrected chi connectivity index (χ0v) is 9.40. The van der Waals surface area contributed by atoms with Crippen LogP contribution >= 0.6 is 0 Å². The second-order valence-electron chi connectivity index (χ2n) is 3.72. The third-order valence-electron chi connectivity index (χ3n) is 2.63. The summed E-state index contributed by atoms with van der Waals surface area (Å²) in [5, 5.41) is 3.32. The van der Waals surface area contributed by atoms with Gasteiger partial charge in [-0.15, -0.1) is 0 Å². The molecule has 82 valence electrons. The van der Waals surface area contributed by atoms with E-state index >= 15 is 0 Å². The fourth-order valence-corrected chi connectivity index (χ4v) is 1.71. The van der Waals surface area contributed by atoms with E-state index in [1.165, 1.54) is 5.56 Å². The first-order chi connectivity index (χ1) is 7.81. The lowest BCUT2D eigenvalue weighted by atomic mass is 10.1. The van der Waals surface area contributed by atoms with Crippen molar-refractivity contribution in [1.29, 1.82) is 0 Å². The van der Waals surface area contributed by atoms with Crippen LogP contribution in [0.2, 0.25) is 0 Å². The lowest BCUT2D eigenvalue weighted by Crippen LogP contribution is -1.99. The van der Waals surface area contributed by atoms with Crippen molar-refractivity contribution in [2.24, 2.45) is 0 Å². The highest BCUT2D eigenvalue weighted by Crippen LogP contribution is 2.26. The van der Waals surface area contributed by atoms with Crippen LogP contribution in [0.3, 0.4) is 0 Å². The zero-order chi connectivity index (χ0) is 11.4. The summed E-state index contributed by atoms with van der Waals surface area (Å²) in [4.78, 5) is 0. The van der Waals surface area contributed by atoms with E-state index in [4.69, 9.17) is 5.73 Å². The molecule has 0 saturated carbocycles. The molecule has 0 aliphatic carbocycles. The minimum Gasteiger partial charge on any atom is -0.397 e. The van der Waals surface area contributed by atoms with Gasteiger partial charge in [0.05, 0.1) is 11.4 Å². The van der Waals surface area contributed by atoms with E-state index in [0.29, 0.717) is 0 Å². The predicted molar refractivity (Wildman–Crippen MR) is 70.0 cm³/mol. The quantitative estimate of drug-likeness (QED) is 0.763. The molecular weight excluding hydrogens is 196 g/mol. The third-order valence-corrected chi connectivity index (χ3v) is 2.63. The first-order valence-corrected chi connectivity index (χ1v) is 5.50. The van der Waals surface area contributed by atoms with Gasteiger partial charge in [-0.2, -0.15) is 0 Å². The maximum atomic E-state index is 6.08. The van der Waals surface area contributed by atoms with Crippen molar-refractivity contribution in [1.82, 2.24) is 0 Å². The molecule has 2 rings (SSSR count). The van der Waals surface area contributed by atoms with E-state index in [9.17, 15) is 0 Å². The van der Waals surface area contributed by atoms with E-state index in [1.807, 2.05) is 42.5 Å². The van der Waals surface area contributed by atoms with E-state index in [1.54, 1.807) is 0 Å². The normalized spacial score (nSPS) is 10.1. The lowest BCUT2D eigenvalue weighted by Gasteiger charge is -2.11. The molecule has 2 heteroatoms. The van der Waals surface area contributed by atoms with Crippen molar-refractivity contribution in [2.75, 3.05) is 11.1 Å². The van der Waals surface area contributed by atoms with Gasteiger partial charge in [-0.25, -0.2) is 0 Å². The minimum absolute atomic E-state index is 0.842. The Labute approximate surface area is 96.1 Å². The first-order valence-electron chi connectivity index (χ1n) is 5.50. The van der Waals surface area contributed by atoms with Gasteiger partial charge in [0.2, 0.25) is 0 Å². The summed E-state index contributed by atoms with van der Waals surface area (Å²) in [6.45, 7) is 2.11. The molecule has 0 aliphatic rings. The molecule has 3 N–H and O–H groups in total. The van der Waals surface area contributed by atoms with Gasteiger partial charge in [-0.1, -0.05) is 37.3 Å². The molecule has 0 amide bonds. The van der Waals surface area contributed by atoms with Gasteiger partial charge in [0.15, 0.2) is 0 Å². The number of nitrogen functional groups attached to an aromatic ring is 1. The highest BCUT2D eigenvalue weighted by atomic mass is 14.9. The average Bonchev–Trinajstić information content (AvgIpc) is 2.33. The van der Waals surface area contributed by atoms with Gasteiger partial charge in [0, 0.05) is 5.69 Å². The van der Waals surface area contributed by atoms with Gasteiger partial charge in [-0.3, -0.25) is 0 Å². The highest BCUT2D eigenvalue weighted by Gasteiger charge is 2.02. The van der Waals surface area contributed by atoms with Crippen molar-refractivity contribution in [3.8, 4) is 0 Å². The van der Waals surface area contributed by atoms with E-state index in [-0.39, 0.29) is 0 Å². The molecule has 0 heterocycles. The maximum Gasteiger partial charge on any atom is 0.0620 e. The molecule has 0 bridgehead atoms. The van der Waals surface area contributed by atoms with Gasteiger partial charge >= 0.3 is 0 Å². The Hall–Kier alpha value is -1.96. The molecule has 0 spiro atoms. The number of rotatable bonds is 3. The Morgan fingerprint density at radius 2 is 1.75 bits per heavy atom. The summed E-state index contributed by atoms with van der Waals surface area (Å²) in [6.07, 6.45) is 0.955. The molecule has 0 radical (unpaired) electrons. The van der Waals surface area contributed by atoms with Crippen molar-refractivity contribution in [3.63, 3.8) is 0 Å². The average molecular weight is 212 g/mol. The molecule has 0 unspecified atom stereocenters. The Balaban J connectivity index is 2.28. The second kappa shape index (κ2) is 4.71. The van der Waals surface area contributed by atoms with Crippen LogP contribution < -0.4 is 11.1 Å². The lowest BCUT2D eigenvalue weighted by molar-refractivity contribution is 1.14. The third kappa shape index (κ3) is 2.16. The van der Waals surface area contributed by atoms with Gasteiger partial charge in [-0.05, 0) is 30.2 Å². The molecule has 2 nitrogen and oxygen atoms in total. The fourth-order valence-electron chi connectivity index (χ4n) is 1.71. The monoisotopic (exact) mass is 212 g/mol. The van der Waals surface area contributed by atoms with Gasteiger partial charge in [0.1, 0.15) is 0 Å². The Morgan fingerprint density at radius 3 is 2.44 bits per heavy atom. The SMILES string of the molecule is CCc1cccc(Nc2ccccc2)c1N. The van der Waals surface area contributed by atoms with Crippen LogP contribution in [-0.2, 0) is 6.42 Å². The summed E-state index contributed by atoms with van der Waals surface area (Å²) < 4.78 is 0. The Kier molecular flexibility index (Phi) is 3.10. The van der Waals surface area contributed by atoms with E-state index < -0.39 is 0 Å². The van der Waals surface area contributed by atoms with Crippen molar-refractivity contribution < 1.29 is 0 Å². The van der Waals surface area contributed by atoms with Crippen LogP contribution in [0.25, 0.3) is 0 Å². The smallest absolute Gasteiger partial charge is 0.0620 e. The largest absolute Gasteiger partial charge is 0.397 e. The number of hydrogen-bond acceptors (Lipinski definition) is 2. The Morgan fingerprint density at radius 1 is 1.00 bits per heavy atom. The van der Waals surface area contributed by atoms with Crippen LogP contribution in [0.5, 0.6) is 0 Å². The molecule has 0 fully saturated rings. The van der Waals surface area contributed by atoms with E-state index in [2.05, 4.69) is 18.3 Å². The summed E-state index contributed by atoms with van der Waals surface area (Å²) >= 11 is 0. The number of hydrogen-bond donors (Lipinski definition) is 2. The van der Waals surface area contributed by atoms with Crippen LogP contribution in [-0.4, -0.2) is 0 Å². The molecular formula is C14H16N2. The number of nitrogens with two attached hydrogens (primary N) is 1. The maximum absolute atomic E-state index is 6.08. The second-order valence-corrected chi connectivity index (χ2v) is 3.72. The van der Waals surface area contributed by atoms with Crippen molar-refractivity contribution in [2.45, 2.75) is 13.3 Å². The molecule has 16 heavy (non-hydrogen) atoms. The fraction of sp³-hybridized carbons (Fsp3) is 0.143. The van der Waals surface area contributed by atoms with Crippen LogP contribution in [0.15, 0.2) is 48.5 Å². The van der Waals surface area contributed by atoms with Crippen LogP contribution in [0.1, 0.15) is 12.5 Å².